The average Bonchev–Trinajstić information content (AvgIpc) is 2.05. The highest BCUT2D eigenvalue weighted by molar-refractivity contribution is 14.2. The number of rotatable bonds is 0. The Bertz CT molecular complexity index is 275. The maximum atomic E-state index is 4.24. The van der Waals surface area contributed by atoms with E-state index in [1.165, 1.54) is 0 Å². The van der Waals surface area contributed by atoms with Crippen molar-refractivity contribution in [3.8, 4) is 0 Å². The highest BCUT2D eigenvalue weighted by atomic mass is 127. The highest BCUT2D eigenvalue weighted by Crippen LogP contribution is 2.25. The van der Waals surface area contributed by atoms with E-state index in [0.717, 1.165) is 11.5 Å². The van der Waals surface area contributed by atoms with Crippen LogP contribution in [-0.2, 0) is 0 Å². The molecule has 0 radical (unpaired) electrons. The molecule has 1 aromatic rings. The zero-order chi connectivity index (χ0) is 6.81. The summed E-state index contributed by atoms with van der Waals surface area (Å²) in [6.07, 6.45) is 5.34. The van der Waals surface area contributed by atoms with Gasteiger partial charge in [0, 0.05) is 33.4 Å². The Hall–Kier alpha value is -0.650. The molecule has 2 heterocycles. The fourth-order valence-electron chi connectivity index (χ4n) is 0.686. The summed E-state index contributed by atoms with van der Waals surface area (Å²) in [4.78, 5) is 8.16. The molecule has 4 heteroatoms. The smallest absolute Gasteiger partial charge is 0.183 e. The first-order chi connectivity index (χ1) is 4.97. The van der Waals surface area contributed by atoms with Gasteiger partial charge in [0.25, 0.3) is 0 Å². The van der Waals surface area contributed by atoms with Crippen LogP contribution in [0, 0.1) is 0 Å². The Kier molecular flexibility index (Phi) is 1.54. The van der Waals surface area contributed by atoms with Crippen molar-refractivity contribution in [2.24, 2.45) is 3.15 Å². The lowest BCUT2D eigenvalue weighted by Gasteiger charge is -1.97. The summed E-state index contributed by atoms with van der Waals surface area (Å²) < 4.78 is 6.32. The number of aromatic nitrogens is 2. The van der Waals surface area contributed by atoms with Gasteiger partial charge in [-0.25, -0.2) is 8.13 Å². The summed E-state index contributed by atoms with van der Waals surface area (Å²) in [5.74, 6) is 0.804. The lowest BCUT2D eigenvalue weighted by atomic mass is 10.4. The second-order valence-electron chi connectivity index (χ2n) is 1.74. The average molecular weight is 245 g/mol. The zero-order valence-electron chi connectivity index (χ0n) is 5.03. The SMILES string of the molecule is C1=Cc2nccnc2N=I1. The Morgan fingerprint density at radius 2 is 2.10 bits per heavy atom. The van der Waals surface area contributed by atoms with E-state index in [-0.39, 0.29) is 21.0 Å². The van der Waals surface area contributed by atoms with Crippen molar-refractivity contribution in [1.82, 2.24) is 9.97 Å². The van der Waals surface area contributed by atoms with E-state index in [0.29, 0.717) is 0 Å². The third kappa shape index (κ3) is 0.985. The molecule has 1 aliphatic rings. The standard InChI is InChI=1S/C6H4IN3/c1-2-7-10-6-5(1)8-3-4-9-6/h1-4H. The first-order valence-electron chi connectivity index (χ1n) is 2.78. The van der Waals surface area contributed by atoms with Crippen molar-refractivity contribution in [2.75, 3.05) is 0 Å². The van der Waals surface area contributed by atoms with Crippen molar-refractivity contribution in [1.29, 1.82) is 0 Å². The molecule has 0 aromatic carbocycles. The molecule has 3 nitrogen and oxygen atoms in total. The van der Waals surface area contributed by atoms with Crippen molar-refractivity contribution in [3.05, 3.63) is 22.2 Å². The van der Waals surface area contributed by atoms with E-state index < -0.39 is 0 Å². The van der Waals surface area contributed by atoms with Gasteiger partial charge in [0.05, 0.1) is 0 Å². The lowest BCUT2D eigenvalue weighted by Crippen LogP contribution is -1.83. The van der Waals surface area contributed by atoms with Crippen molar-refractivity contribution in [3.63, 3.8) is 0 Å². The van der Waals surface area contributed by atoms with Crippen molar-refractivity contribution >= 4 is 32.9 Å². The predicted molar refractivity (Wildman–Crippen MR) is 47.2 cm³/mol. The number of nitrogens with zero attached hydrogens (tertiary/aromatic N) is 3. The minimum atomic E-state index is -0.132. The van der Waals surface area contributed by atoms with Crippen LogP contribution >= 0.6 is 21.0 Å². The van der Waals surface area contributed by atoms with Crippen LogP contribution in [0.5, 0.6) is 0 Å². The van der Waals surface area contributed by atoms with E-state index in [4.69, 9.17) is 0 Å². The van der Waals surface area contributed by atoms with Crippen LogP contribution < -0.4 is 0 Å². The molecule has 1 aliphatic heterocycles. The molecule has 2 rings (SSSR count). The molecular weight excluding hydrogens is 241 g/mol. The Morgan fingerprint density at radius 1 is 1.20 bits per heavy atom. The monoisotopic (exact) mass is 245 g/mol. The third-order valence-corrected chi connectivity index (χ3v) is 2.53. The molecule has 0 saturated carbocycles. The number of hydrogen-bond acceptors (Lipinski definition) is 3. The molecule has 0 N–H and O–H groups in total. The highest BCUT2D eigenvalue weighted by Gasteiger charge is 2.00. The van der Waals surface area contributed by atoms with Crippen LogP contribution in [0.25, 0.3) is 6.08 Å². The second-order valence-corrected chi connectivity index (χ2v) is 3.50. The first-order valence-corrected chi connectivity index (χ1v) is 4.99. The maximum absolute atomic E-state index is 4.24. The summed E-state index contributed by atoms with van der Waals surface area (Å²) in [5.41, 5.74) is 0.897. The van der Waals surface area contributed by atoms with Gasteiger partial charge in [-0.05, 0) is 10.2 Å². The van der Waals surface area contributed by atoms with E-state index in [1.54, 1.807) is 12.4 Å². The van der Waals surface area contributed by atoms with E-state index in [9.17, 15) is 0 Å². The molecular formula is C6H4IN3. The minimum Gasteiger partial charge on any atom is -0.251 e. The molecule has 0 bridgehead atoms. The van der Waals surface area contributed by atoms with E-state index >= 15 is 0 Å². The van der Waals surface area contributed by atoms with Crippen LogP contribution in [0.4, 0.5) is 5.82 Å². The van der Waals surface area contributed by atoms with Crippen molar-refractivity contribution in [2.45, 2.75) is 0 Å². The van der Waals surface area contributed by atoms with Gasteiger partial charge in [0.1, 0.15) is 5.69 Å². The van der Waals surface area contributed by atoms with Gasteiger partial charge in [0.15, 0.2) is 5.82 Å². The third-order valence-electron chi connectivity index (χ3n) is 1.11. The van der Waals surface area contributed by atoms with Crippen molar-refractivity contribution < 1.29 is 0 Å². The topological polar surface area (TPSA) is 38.1 Å². The number of halogens is 1. The number of hydrogen-bond donors (Lipinski definition) is 0. The van der Waals surface area contributed by atoms with Gasteiger partial charge >= 0.3 is 0 Å². The van der Waals surface area contributed by atoms with Gasteiger partial charge in [-0.1, -0.05) is 0 Å². The summed E-state index contributed by atoms with van der Waals surface area (Å²) in [6.45, 7) is 0. The van der Waals surface area contributed by atoms with Crippen LogP contribution in [0.1, 0.15) is 5.69 Å². The molecule has 0 saturated heterocycles. The second kappa shape index (κ2) is 2.53. The van der Waals surface area contributed by atoms with E-state index in [2.05, 4.69) is 17.2 Å². The summed E-state index contributed by atoms with van der Waals surface area (Å²) >= 11 is -0.132. The predicted octanol–water partition coefficient (Wildman–Crippen LogP) is 2.25. The van der Waals surface area contributed by atoms with Crippen LogP contribution in [-0.4, -0.2) is 9.97 Å². The fraction of sp³-hybridized carbons (Fsp3) is 0. The zero-order valence-corrected chi connectivity index (χ0v) is 7.19. The fourth-order valence-corrected chi connectivity index (χ4v) is 1.98. The Labute approximate surface area is 68.4 Å². The summed E-state index contributed by atoms with van der Waals surface area (Å²) in [5, 5.41) is 0. The molecule has 0 aliphatic carbocycles. The summed E-state index contributed by atoms with van der Waals surface area (Å²) in [7, 11) is 0. The normalized spacial score (nSPS) is 14.0. The van der Waals surface area contributed by atoms with E-state index in [1.807, 2.05) is 6.08 Å². The molecule has 0 atom stereocenters. The first kappa shape index (κ1) is 6.09. The maximum Gasteiger partial charge on any atom is 0.183 e. The van der Waals surface area contributed by atoms with Crippen LogP contribution in [0.15, 0.2) is 19.6 Å². The molecule has 10 heavy (non-hydrogen) atoms. The van der Waals surface area contributed by atoms with Crippen LogP contribution in [0.3, 0.4) is 0 Å². The lowest BCUT2D eigenvalue weighted by molar-refractivity contribution is 1.17. The minimum absolute atomic E-state index is 0.132. The van der Waals surface area contributed by atoms with Gasteiger partial charge in [-0.15, -0.1) is 0 Å². The molecule has 50 valence electrons. The van der Waals surface area contributed by atoms with Gasteiger partial charge in [0.2, 0.25) is 0 Å². The quantitative estimate of drug-likeness (QED) is 0.657. The molecule has 0 unspecified atom stereocenters. The molecule has 0 fully saturated rings. The Balaban J connectivity index is 2.65. The molecule has 0 amide bonds. The molecule has 0 spiro atoms. The van der Waals surface area contributed by atoms with Gasteiger partial charge in [-0.3, -0.25) is 4.98 Å². The number of fused-ring (bicyclic) bond motifs is 1. The van der Waals surface area contributed by atoms with Crippen LogP contribution in [0.2, 0.25) is 0 Å². The summed E-state index contributed by atoms with van der Waals surface area (Å²) in [6, 6.07) is 0. The largest absolute Gasteiger partial charge is 0.251 e. The molecule has 1 aromatic heterocycles. The van der Waals surface area contributed by atoms with Gasteiger partial charge < -0.3 is 0 Å². The van der Waals surface area contributed by atoms with Gasteiger partial charge in [-0.2, -0.15) is 0 Å². The Morgan fingerprint density at radius 3 is 3.00 bits per heavy atom.